The minimum Gasteiger partial charge on any atom is -0.429 e. The van der Waals surface area contributed by atoms with E-state index in [1.54, 1.807) is 0 Å². The third kappa shape index (κ3) is 6.53. The molecule has 1 aliphatic heterocycles. The quantitative estimate of drug-likeness (QED) is 0.256. The summed E-state index contributed by atoms with van der Waals surface area (Å²) in [6, 6.07) is 4.97. The molecule has 1 fully saturated rings. The molecule has 0 atom stereocenters. The average Bonchev–Trinajstić information content (AvgIpc) is 2.86. The highest BCUT2D eigenvalue weighted by molar-refractivity contribution is 5.65. The van der Waals surface area contributed by atoms with Crippen LogP contribution in [0.25, 0.3) is 11.1 Å². The van der Waals surface area contributed by atoms with Crippen LogP contribution in [0, 0.1) is 29.2 Å². The number of hydrogen-bond acceptors (Lipinski definition) is 4. The molecule has 0 aromatic heterocycles. The molecule has 0 amide bonds. The zero-order valence-corrected chi connectivity index (χ0v) is 20.6. The van der Waals surface area contributed by atoms with Gasteiger partial charge in [-0.2, -0.15) is 22.0 Å². The SMILES string of the molecule is CCOCC1COC(c2ccc(-c3cc(F)c(C(F)(F)Oc4ccc(C(F)(F)F)c(F)c4)c(F)c3)c(F)c2)OC1. The van der Waals surface area contributed by atoms with Crippen LogP contribution in [0.2, 0.25) is 0 Å². The Kier molecular flexibility index (Phi) is 8.66. The van der Waals surface area contributed by atoms with Gasteiger partial charge in [0.2, 0.25) is 0 Å². The second-order valence-corrected chi connectivity index (χ2v) is 8.84. The molecule has 1 aliphatic rings. The van der Waals surface area contributed by atoms with E-state index < -0.39 is 64.3 Å². The van der Waals surface area contributed by atoms with E-state index in [1.165, 1.54) is 6.07 Å². The van der Waals surface area contributed by atoms with Crippen molar-refractivity contribution in [3.63, 3.8) is 0 Å². The van der Waals surface area contributed by atoms with Gasteiger partial charge >= 0.3 is 12.3 Å². The summed E-state index contributed by atoms with van der Waals surface area (Å²) >= 11 is 0. The molecule has 0 radical (unpaired) electrons. The van der Waals surface area contributed by atoms with Crippen molar-refractivity contribution in [2.75, 3.05) is 26.4 Å². The Morgan fingerprint density at radius 2 is 1.45 bits per heavy atom. The van der Waals surface area contributed by atoms with Crippen molar-refractivity contribution in [1.82, 2.24) is 0 Å². The molecule has 3 aromatic carbocycles. The summed E-state index contributed by atoms with van der Waals surface area (Å²) in [5, 5.41) is 0. The number of rotatable bonds is 8. The molecule has 0 aliphatic carbocycles. The van der Waals surface area contributed by atoms with Crippen molar-refractivity contribution in [2.24, 2.45) is 5.92 Å². The maximum atomic E-state index is 14.9. The van der Waals surface area contributed by atoms with Crippen molar-refractivity contribution < 1.29 is 58.5 Å². The summed E-state index contributed by atoms with van der Waals surface area (Å²) in [5.41, 5.74) is -4.13. The van der Waals surface area contributed by atoms with Crippen LogP contribution in [0.4, 0.5) is 39.5 Å². The Labute approximate surface area is 222 Å². The lowest BCUT2D eigenvalue weighted by atomic mass is 10.00. The Morgan fingerprint density at radius 1 is 0.800 bits per heavy atom. The maximum absolute atomic E-state index is 14.9. The third-order valence-electron chi connectivity index (χ3n) is 5.93. The zero-order valence-electron chi connectivity index (χ0n) is 20.6. The Bertz CT molecular complexity index is 1330. The molecule has 1 heterocycles. The van der Waals surface area contributed by atoms with Gasteiger partial charge < -0.3 is 18.9 Å². The topological polar surface area (TPSA) is 36.9 Å². The highest BCUT2D eigenvalue weighted by Crippen LogP contribution is 2.39. The van der Waals surface area contributed by atoms with Crippen LogP contribution in [-0.2, 0) is 26.5 Å². The predicted octanol–water partition coefficient (Wildman–Crippen LogP) is 7.76. The van der Waals surface area contributed by atoms with Gasteiger partial charge in [-0.1, -0.05) is 12.1 Å². The zero-order chi connectivity index (χ0) is 29.2. The molecule has 0 unspecified atom stereocenters. The van der Waals surface area contributed by atoms with Crippen molar-refractivity contribution >= 4 is 0 Å². The van der Waals surface area contributed by atoms with E-state index in [1.807, 2.05) is 6.92 Å². The fraction of sp³-hybridized carbons (Fsp3) is 0.333. The molecule has 3 aromatic rings. The fourth-order valence-electron chi connectivity index (χ4n) is 4.02. The standard InChI is InChI=1S/C27H21F9O4/c1-2-37-11-14-12-38-25(39-13-14)15-3-5-18(20(28)7-15)16-8-22(30)24(23(31)9-16)27(35,36)40-17-4-6-19(21(29)10-17)26(32,33)34/h3-10,14,25H,2,11-13H2,1H3. The number of benzene rings is 3. The first kappa shape index (κ1) is 29.7. The maximum Gasteiger partial charge on any atom is 0.432 e. The van der Waals surface area contributed by atoms with Crippen LogP contribution in [0.15, 0.2) is 48.5 Å². The highest BCUT2D eigenvalue weighted by atomic mass is 19.4. The van der Waals surface area contributed by atoms with Gasteiger partial charge in [-0.05, 0) is 42.8 Å². The molecule has 4 rings (SSSR count). The van der Waals surface area contributed by atoms with Crippen LogP contribution in [-0.4, -0.2) is 26.4 Å². The Balaban J connectivity index is 1.53. The fourth-order valence-corrected chi connectivity index (χ4v) is 4.02. The number of ether oxygens (including phenoxy) is 4. The first-order valence-corrected chi connectivity index (χ1v) is 11.8. The highest BCUT2D eigenvalue weighted by Gasteiger charge is 2.42. The molecular weight excluding hydrogens is 559 g/mol. The van der Waals surface area contributed by atoms with Crippen LogP contribution < -0.4 is 4.74 Å². The largest absolute Gasteiger partial charge is 0.432 e. The van der Waals surface area contributed by atoms with E-state index in [2.05, 4.69) is 4.74 Å². The number of hydrogen-bond donors (Lipinski definition) is 0. The normalized spacial score (nSPS) is 18.1. The third-order valence-corrected chi connectivity index (χ3v) is 5.93. The summed E-state index contributed by atoms with van der Waals surface area (Å²) in [5.74, 6) is -7.67. The molecule has 13 heteroatoms. The summed E-state index contributed by atoms with van der Waals surface area (Å²) < 4.78 is 146. The Morgan fingerprint density at radius 3 is 2.00 bits per heavy atom. The molecule has 0 bridgehead atoms. The molecule has 1 saturated heterocycles. The van der Waals surface area contributed by atoms with Gasteiger partial charge in [-0.15, -0.1) is 0 Å². The minimum absolute atomic E-state index is 0.00910. The predicted molar refractivity (Wildman–Crippen MR) is 122 cm³/mol. The summed E-state index contributed by atoms with van der Waals surface area (Å²) in [4.78, 5) is 0. The molecule has 0 N–H and O–H groups in total. The van der Waals surface area contributed by atoms with Crippen molar-refractivity contribution in [3.05, 3.63) is 88.5 Å². The number of alkyl halides is 5. The van der Waals surface area contributed by atoms with Crippen molar-refractivity contribution in [3.8, 4) is 16.9 Å². The summed E-state index contributed by atoms with van der Waals surface area (Å²) in [6.45, 7) is 3.38. The van der Waals surface area contributed by atoms with Crippen LogP contribution in [0.3, 0.4) is 0 Å². The lowest BCUT2D eigenvalue weighted by Gasteiger charge is -2.29. The average molecular weight is 580 g/mol. The van der Waals surface area contributed by atoms with Gasteiger partial charge in [0.25, 0.3) is 0 Å². The second-order valence-electron chi connectivity index (χ2n) is 8.84. The van der Waals surface area contributed by atoms with Gasteiger partial charge in [0.05, 0.1) is 25.4 Å². The van der Waals surface area contributed by atoms with E-state index in [0.717, 1.165) is 12.1 Å². The van der Waals surface area contributed by atoms with Gasteiger partial charge in [-0.3, -0.25) is 0 Å². The molecule has 40 heavy (non-hydrogen) atoms. The molecule has 216 valence electrons. The Hall–Kier alpha value is -3.29. The lowest BCUT2D eigenvalue weighted by molar-refractivity contribution is -0.212. The van der Waals surface area contributed by atoms with Crippen molar-refractivity contribution in [2.45, 2.75) is 25.5 Å². The monoisotopic (exact) mass is 580 g/mol. The van der Waals surface area contributed by atoms with Gasteiger partial charge in [0.15, 0.2) is 6.29 Å². The van der Waals surface area contributed by atoms with E-state index >= 15 is 0 Å². The second kappa shape index (κ2) is 11.7. The van der Waals surface area contributed by atoms with Crippen LogP contribution in [0.1, 0.15) is 29.9 Å². The van der Waals surface area contributed by atoms with E-state index in [-0.39, 0.29) is 29.2 Å². The van der Waals surface area contributed by atoms with Gasteiger partial charge in [0, 0.05) is 29.7 Å². The van der Waals surface area contributed by atoms with Crippen molar-refractivity contribution in [1.29, 1.82) is 0 Å². The number of halogens is 9. The van der Waals surface area contributed by atoms with Crippen LogP contribution in [0.5, 0.6) is 5.75 Å². The smallest absolute Gasteiger partial charge is 0.429 e. The van der Waals surface area contributed by atoms with Crippen LogP contribution >= 0.6 is 0 Å². The van der Waals surface area contributed by atoms with Gasteiger partial charge in [-0.25, -0.2) is 17.6 Å². The van der Waals surface area contributed by atoms with E-state index in [4.69, 9.17) is 14.2 Å². The summed E-state index contributed by atoms with van der Waals surface area (Å²) in [7, 11) is 0. The molecule has 0 spiro atoms. The van der Waals surface area contributed by atoms with E-state index in [0.29, 0.717) is 44.6 Å². The van der Waals surface area contributed by atoms with Gasteiger partial charge in [0.1, 0.15) is 34.6 Å². The molecular formula is C27H21F9O4. The minimum atomic E-state index is -5.10. The summed E-state index contributed by atoms with van der Waals surface area (Å²) in [6.07, 6.45) is -10.8. The lowest BCUT2D eigenvalue weighted by Crippen LogP contribution is -2.30. The molecule has 0 saturated carbocycles. The van der Waals surface area contributed by atoms with E-state index in [9.17, 15) is 39.5 Å². The first-order chi connectivity index (χ1) is 18.8. The molecule has 4 nitrogen and oxygen atoms in total. The first-order valence-electron chi connectivity index (χ1n) is 11.8.